The summed E-state index contributed by atoms with van der Waals surface area (Å²) in [6.07, 6.45) is -0.212. The molecule has 1 amide bonds. The number of ether oxygens (including phenoxy) is 2. The van der Waals surface area contributed by atoms with Gasteiger partial charge < -0.3 is 29.7 Å². The average molecular weight is 621 g/mol. The summed E-state index contributed by atoms with van der Waals surface area (Å²) in [6, 6.07) is 15.1. The molecule has 0 spiro atoms. The van der Waals surface area contributed by atoms with E-state index in [9.17, 15) is 10.1 Å². The number of halogens is 2. The van der Waals surface area contributed by atoms with E-state index >= 15 is 8.78 Å². The van der Waals surface area contributed by atoms with Crippen molar-refractivity contribution in [3.8, 4) is 23.2 Å². The molecule has 2 aromatic carbocycles. The van der Waals surface area contributed by atoms with Gasteiger partial charge in [-0.3, -0.25) is 9.69 Å². The Morgan fingerprint density at radius 1 is 1.16 bits per heavy atom. The third-order valence-corrected chi connectivity index (χ3v) is 8.45. The summed E-state index contributed by atoms with van der Waals surface area (Å²) in [4.78, 5) is 30.5. The first-order chi connectivity index (χ1) is 21.7. The van der Waals surface area contributed by atoms with Crippen molar-refractivity contribution in [1.29, 1.82) is 5.26 Å². The van der Waals surface area contributed by atoms with Crippen molar-refractivity contribution in [3.63, 3.8) is 0 Å². The highest BCUT2D eigenvalue weighted by Crippen LogP contribution is 2.36. The molecule has 1 aromatic heterocycles. The van der Waals surface area contributed by atoms with Crippen LogP contribution < -0.4 is 15.0 Å². The first-order valence-corrected chi connectivity index (χ1v) is 14.8. The summed E-state index contributed by atoms with van der Waals surface area (Å²) in [5.74, 6) is -4.32. The maximum atomic E-state index is 15.0. The number of nitrogens with zero attached hydrogens (tertiary/aromatic N) is 7. The zero-order valence-electron chi connectivity index (χ0n) is 24.8. The summed E-state index contributed by atoms with van der Waals surface area (Å²) < 4.78 is 41.0. The molecule has 0 aliphatic carbocycles. The number of aromatic nitrogens is 3. The molecule has 45 heavy (non-hydrogen) atoms. The predicted molar refractivity (Wildman–Crippen MR) is 160 cm³/mol. The van der Waals surface area contributed by atoms with Crippen LogP contribution in [0, 0.1) is 17.2 Å². The molecule has 0 radical (unpaired) electrons. The number of piperazine rings is 1. The molecule has 2 atom stereocenters. The van der Waals surface area contributed by atoms with E-state index in [1.54, 1.807) is 6.07 Å². The fourth-order valence-electron chi connectivity index (χ4n) is 5.92. The van der Waals surface area contributed by atoms with Gasteiger partial charge in [-0.1, -0.05) is 6.92 Å². The van der Waals surface area contributed by atoms with Crippen molar-refractivity contribution in [2.45, 2.75) is 25.0 Å². The second-order valence-electron chi connectivity index (χ2n) is 11.6. The summed E-state index contributed by atoms with van der Waals surface area (Å²) >= 11 is 0. The normalized spacial score (nSPS) is 21.9. The van der Waals surface area contributed by atoms with Crippen LogP contribution in [0.3, 0.4) is 0 Å². The number of carbonyl (C=O) groups is 1. The molecule has 3 saturated heterocycles. The Labute approximate surface area is 259 Å². The fraction of sp³-hybridized carbons (Fsp3) is 0.452. The second kappa shape index (κ2) is 12.9. The van der Waals surface area contributed by atoms with Crippen molar-refractivity contribution in [1.82, 2.24) is 24.8 Å². The predicted octanol–water partition coefficient (Wildman–Crippen LogP) is 2.53. The van der Waals surface area contributed by atoms with Crippen LogP contribution in [0.5, 0.6) is 5.75 Å². The number of benzene rings is 2. The van der Waals surface area contributed by atoms with E-state index in [4.69, 9.17) is 14.6 Å². The second-order valence-corrected chi connectivity index (χ2v) is 11.6. The van der Waals surface area contributed by atoms with E-state index in [0.717, 1.165) is 55.7 Å². The summed E-state index contributed by atoms with van der Waals surface area (Å²) in [6.45, 7) is 5.42. The number of carbonyl (C=O) groups excluding carboxylic acids is 1. The van der Waals surface area contributed by atoms with Crippen LogP contribution in [-0.4, -0.2) is 113 Å². The largest absolute Gasteiger partial charge is 0.482 e. The summed E-state index contributed by atoms with van der Waals surface area (Å²) in [5, 5.41) is 22.1. The molecule has 0 saturated carbocycles. The van der Waals surface area contributed by atoms with E-state index in [1.807, 2.05) is 18.2 Å². The van der Waals surface area contributed by atoms with Crippen molar-refractivity contribution in [2.24, 2.45) is 5.92 Å². The fourth-order valence-corrected chi connectivity index (χ4v) is 5.92. The van der Waals surface area contributed by atoms with Crippen LogP contribution in [0.25, 0.3) is 11.4 Å². The van der Waals surface area contributed by atoms with Gasteiger partial charge in [0.25, 0.3) is 0 Å². The number of likely N-dealkylation sites (tertiary alicyclic amines) is 1. The van der Waals surface area contributed by atoms with E-state index in [1.165, 1.54) is 25.4 Å². The van der Waals surface area contributed by atoms with Crippen LogP contribution in [0.1, 0.15) is 12.5 Å². The maximum Gasteiger partial charge on any atom is 0.301 e. The Hall–Kier alpha value is -4.45. The number of piperidine rings is 1. The third kappa shape index (κ3) is 6.65. The number of anilines is 3. The molecule has 14 heteroatoms. The Morgan fingerprint density at radius 3 is 2.56 bits per heavy atom. The number of nitrogens with one attached hydrogen (secondary N) is 1. The first kappa shape index (κ1) is 30.6. The van der Waals surface area contributed by atoms with E-state index in [-0.39, 0.29) is 23.7 Å². The van der Waals surface area contributed by atoms with Crippen LogP contribution >= 0.6 is 0 Å². The Balaban J connectivity index is 1.11. The van der Waals surface area contributed by atoms with Gasteiger partial charge in [-0.2, -0.15) is 10.2 Å². The Bertz CT molecular complexity index is 1560. The minimum atomic E-state index is -3.39. The molecule has 12 nitrogen and oxygen atoms in total. The molecule has 1 unspecified atom stereocenters. The summed E-state index contributed by atoms with van der Waals surface area (Å²) in [5.41, 5.74) is 2.46. The lowest BCUT2D eigenvalue weighted by Gasteiger charge is -2.43. The minimum absolute atomic E-state index is 0.00343. The molecular formula is C31H34F2N8O4. The molecule has 0 bridgehead atoms. The lowest BCUT2D eigenvalue weighted by molar-refractivity contribution is -0.174. The van der Waals surface area contributed by atoms with Crippen molar-refractivity contribution < 1.29 is 28.2 Å². The number of rotatable bonds is 8. The highest BCUT2D eigenvalue weighted by molar-refractivity contribution is 5.77. The number of aliphatic hydroxyl groups is 1. The van der Waals surface area contributed by atoms with Crippen molar-refractivity contribution in [2.75, 3.05) is 69.3 Å². The van der Waals surface area contributed by atoms with E-state index < -0.39 is 37.0 Å². The highest BCUT2D eigenvalue weighted by atomic mass is 19.3. The smallest absolute Gasteiger partial charge is 0.301 e. The molecule has 6 rings (SSSR count). The number of aliphatic hydroxyl groups excluding tert-OH is 1. The van der Waals surface area contributed by atoms with Gasteiger partial charge in [0.15, 0.2) is 11.9 Å². The Kier molecular flexibility index (Phi) is 8.75. The average Bonchev–Trinajstić information content (AvgIpc) is 3.02. The van der Waals surface area contributed by atoms with Gasteiger partial charge in [0.2, 0.25) is 11.9 Å². The van der Waals surface area contributed by atoms with Crippen LogP contribution in [0.2, 0.25) is 0 Å². The summed E-state index contributed by atoms with van der Waals surface area (Å²) in [7, 11) is 0. The van der Waals surface area contributed by atoms with Gasteiger partial charge in [0, 0.05) is 55.6 Å². The zero-order valence-corrected chi connectivity index (χ0v) is 24.8. The molecule has 4 heterocycles. The SMILES string of the molecule is C[C@H]1CN(C(=O)CO)CC(F)(F)C1Oc1ccc(-c2ncnc(Nc3ccc(N4CCN(C5COC5)CC4)cc3)n2)cc1C#N. The van der Waals surface area contributed by atoms with Gasteiger partial charge in [0.05, 0.1) is 31.4 Å². The number of amides is 1. The van der Waals surface area contributed by atoms with Gasteiger partial charge >= 0.3 is 5.92 Å². The van der Waals surface area contributed by atoms with Gasteiger partial charge in [-0.05, 0) is 42.5 Å². The van der Waals surface area contributed by atoms with E-state index in [2.05, 4.69) is 42.2 Å². The van der Waals surface area contributed by atoms with Crippen molar-refractivity contribution in [3.05, 3.63) is 54.4 Å². The number of hydrogen-bond donors (Lipinski definition) is 2. The van der Waals surface area contributed by atoms with Crippen LogP contribution in [0.4, 0.5) is 26.1 Å². The molecule has 2 N–H and O–H groups in total. The van der Waals surface area contributed by atoms with Crippen molar-refractivity contribution >= 4 is 23.2 Å². The number of nitriles is 1. The molecular weight excluding hydrogens is 586 g/mol. The third-order valence-electron chi connectivity index (χ3n) is 8.45. The number of alkyl halides is 2. The topological polar surface area (TPSA) is 140 Å². The lowest BCUT2D eigenvalue weighted by atomic mass is 9.93. The monoisotopic (exact) mass is 620 g/mol. The minimum Gasteiger partial charge on any atom is -0.482 e. The Morgan fingerprint density at radius 2 is 1.91 bits per heavy atom. The van der Waals surface area contributed by atoms with Gasteiger partial charge in [-0.25, -0.2) is 18.7 Å². The quantitative estimate of drug-likeness (QED) is 0.384. The molecule has 3 aromatic rings. The number of hydrogen-bond acceptors (Lipinski definition) is 11. The highest BCUT2D eigenvalue weighted by Gasteiger charge is 2.51. The molecule has 3 aliphatic rings. The van der Waals surface area contributed by atoms with Gasteiger partial charge in [0.1, 0.15) is 24.8 Å². The van der Waals surface area contributed by atoms with Crippen LogP contribution in [-0.2, 0) is 9.53 Å². The standard InChI is InChI=1S/C31H34F2N8O4/c1-20-14-41(27(43)15-42)18-31(32,33)28(20)45-26-7-2-21(12-22(26)13-34)29-35-19-36-30(38-29)37-23-3-5-24(6-4-23)39-8-10-40(11-9-39)25-16-44-17-25/h2-7,12,19-20,25,28,42H,8-11,14-18H2,1H3,(H,35,36,37,38)/t20-,28?/m0/s1. The molecule has 3 fully saturated rings. The first-order valence-electron chi connectivity index (χ1n) is 14.8. The molecule has 236 valence electrons. The maximum absolute atomic E-state index is 15.0. The van der Waals surface area contributed by atoms with Crippen LogP contribution in [0.15, 0.2) is 48.8 Å². The van der Waals surface area contributed by atoms with Gasteiger partial charge in [-0.15, -0.1) is 0 Å². The van der Waals surface area contributed by atoms with E-state index in [0.29, 0.717) is 17.6 Å². The molecule has 3 aliphatic heterocycles. The zero-order chi connectivity index (χ0) is 31.6. The lowest BCUT2D eigenvalue weighted by Crippen LogP contribution is -2.59.